The summed E-state index contributed by atoms with van der Waals surface area (Å²) in [5.74, 6) is 0.131. The lowest BCUT2D eigenvalue weighted by Crippen LogP contribution is -2.37. The Hall–Kier alpha value is -1.35. The van der Waals surface area contributed by atoms with Gasteiger partial charge in [-0.2, -0.15) is 0 Å². The Labute approximate surface area is 102 Å². The lowest BCUT2D eigenvalue weighted by molar-refractivity contribution is -0.123. The van der Waals surface area contributed by atoms with Crippen LogP contribution in [0.4, 0.5) is 0 Å². The number of hydrogen-bond acceptors (Lipinski definition) is 2. The predicted molar refractivity (Wildman–Crippen MR) is 68.9 cm³/mol. The van der Waals surface area contributed by atoms with Crippen LogP contribution in [-0.4, -0.2) is 19.0 Å². The first-order valence-electron chi connectivity index (χ1n) is 6.16. The van der Waals surface area contributed by atoms with E-state index in [1.165, 1.54) is 11.1 Å². The summed E-state index contributed by atoms with van der Waals surface area (Å²) >= 11 is 0. The molecule has 3 N–H and O–H groups in total. The van der Waals surface area contributed by atoms with E-state index in [0.717, 1.165) is 18.4 Å². The highest BCUT2D eigenvalue weighted by Gasteiger charge is 2.51. The second-order valence-electron chi connectivity index (χ2n) is 4.93. The fourth-order valence-electron chi connectivity index (χ4n) is 2.17. The van der Waals surface area contributed by atoms with Crippen LogP contribution < -0.4 is 11.1 Å². The molecule has 0 saturated heterocycles. The van der Waals surface area contributed by atoms with E-state index >= 15 is 0 Å². The topological polar surface area (TPSA) is 55.1 Å². The molecule has 2 rings (SSSR count). The largest absolute Gasteiger partial charge is 0.354 e. The minimum atomic E-state index is -0.270. The van der Waals surface area contributed by atoms with Crippen LogP contribution in [0.5, 0.6) is 0 Å². The van der Waals surface area contributed by atoms with E-state index in [4.69, 9.17) is 5.73 Å². The van der Waals surface area contributed by atoms with E-state index in [1.807, 2.05) is 0 Å². The van der Waals surface area contributed by atoms with Gasteiger partial charge in [0.25, 0.3) is 0 Å². The summed E-state index contributed by atoms with van der Waals surface area (Å²) in [5, 5.41) is 2.90. The van der Waals surface area contributed by atoms with Crippen molar-refractivity contribution in [2.75, 3.05) is 13.1 Å². The molecule has 92 valence electrons. The van der Waals surface area contributed by atoms with Gasteiger partial charge < -0.3 is 11.1 Å². The first kappa shape index (κ1) is 12.1. The number of carbonyl (C=O) groups is 1. The van der Waals surface area contributed by atoms with Gasteiger partial charge in [-0.05, 0) is 43.4 Å². The van der Waals surface area contributed by atoms with E-state index in [-0.39, 0.29) is 11.3 Å². The van der Waals surface area contributed by atoms with Crippen LogP contribution in [0.1, 0.15) is 29.5 Å². The number of amides is 1. The van der Waals surface area contributed by atoms with Crippen LogP contribution in [0.2, 0.25) is 0 Å². The third-order valence-electron chi connectivity index (χ3n) is 3.67. The zero-order valence-corrected chi connectivity index (χ0v) is 10.5. The van der Waals surface area contributed by atoms with E-state index < -0.39 is 0 Å². The Morgan fingerprint density at radius 3 is 2.59 bits per heavy atom. The van der Waals surface area contributed by atoms with Gasteiger partial charge in [0.2, 0.25) is 5.91 Å². The lowest BCUT2D eigenvalue weighted by atomic mass is 9.92. The van der Waals surface area contributed by atoms with Crippen LogP contribution in [-0.2, 0) is 10.2 Å². The van der Waals surface area contributed by atoms with Gasteiger partial charge in [-0.15, -0.1) is 0 Å². The van der Waals surface area contributed by atoms with Crippen molar-refractivity contribution in [3.63, 3.8) is 0 Å². The number of nitrogens with one attached hydrogen (secondary N) is 1. The molecule has 1 fully saturated rings. The molecule has 0 atom stereocenters. The number of hydrogen-bond donors (Lipinski definition) is 2. The number of rotatable bonds is 4. The Morgan fingerprint density at radius 2 is 2.06 bits per heavy atom. The van der Waals surface area contributed by atoms with Gasteiger partial charge in [0.15, 0.2) is 0 Å². The van der Waals surface area contributed by atoms with Crippen LogP contribution in [0.15, 0.2) is 18.2 Å². The average molecular weight is 232 g/mol. The van der Waals surface area contributed by atoms with Crippen molar-refractivity contribution in [2.24, 2.45) is 5.73 Å². The molecule has 3 heteroatoms. The Morgan fingerprint density at radius 1 is 1.35 bits per heavy atom. The molecule has 1 aliphatic rings. The average Bonchev–Trinajstić information content (AvgIpc) is 3.11. The molecule has 1 aromatic rings. The summed E-state index contributed by atoms with van der Waals surface area (Å²) in [6.45, 7) is 5.24. The molecule has 0 aliphatic heterocycles. The third kappa shape index (κ3) is 2.20. The molecular weight excluding hydrogens is 212 g/mol. The van der Waals surface area contributed by atoms with Crippen LogP contribution in [0.3, 0.4) is 0 Å². The molecule has 0 heterocycles. The highest BCUT2D eigenvalue weighted by atomic mass is 16.2. The second-order valence-corrected chi connectivity index (χ2v) is 4.93. The summed E-state index contributed by atoms with van der Waals surface area (Å²) in [7, 11) is 0. The highest BCUT2D eigenvalue weighted by Crippen LogP contribution is 2.48. The summed E-state index contributed by atoms with van der Waals surface area (Å²) in [6, 6.07) is 6.32. The van der Waals surface area contributed by atoms with Gasteiger partial charge in [0, 0.05) is 13.1 Å². The van der Waals surface area contributed by atoms with Crippen LogP contribution in [0.25, 0.3) is 0 Å². The van der Waals surface area contributed by atoms with Gasteiger partial charge in [-0.3, -0.25) is 4.79 Å². The molecule has 0 aromatic heterocycles. The van der Waals surface area contributed by atoms with Crippen molar-refractivity contribution in [2.45, 2.75) is 32.1 Å². The standard InChI is InChI=1S/C14H20N2O/c1-10-3-4-12(9-11(10)2)14(5-6-14)13(17)16-8-7-15/h3-4,9H,5-8,15H2,1-2H3,(H,16,17). The first-order chi connectivity index (χ1) is 8.10. The first-order valence-corrected chi connectivity index (χ1v) is 6.16. The van der Waals surface area contributed by atoms with E-state index in [9.17, 15) is 4.79 Å². The van der Waals surface area contributed by atoms with Gasteiger partial charge in [-0.1, -0.05) is 18.2 Å². The number of aryl methyl sites for hydroxylation is 2. The molecule has 17 heavy (non-hydrogen) atoms. The molecule has 0 bridgehead atoms. The van der Waals surface area contributed by atoms with E-state index in [2.05, 4.69) is 37.4 Å². The molecule has 1 aliphatic carbocycles. The minimum absolute atomic E-state index is 0.131. The molecule has 0 unspecified atom stereocenters. The van der Waals surface area contributed by atoms with Crippen molar-refractivity contribution in [3.8, 4) is 0 Å². The van der Waals surface area contributed by atoms with Gasteiger partial charge >= 0.3 is 0 Å². The Bertz CT molecular complexity index is 436. The molecule has 0 radical (unpaired) electrons. The molecule has 3 nitrogen and oxygen atoms in total. The third-order valence-corrected chi connectivity index (χ3v) is 3.67. The van der Waals surface area contributed by atoms with Gasteiger partial charge in [0.1, 0.15) is 0 Å². The molecular formula is C14H20N2O. The summed E-state index contributed by atoms with van der Waals surface area (Å²) in [5.41, 5.74) is 8.81. The smallest absolute Gasteiger partial charge is 0.230 e. The maximum absolute atomic E-state index is 12.1. The molecule has 1 saturated carbocycles. The number of benzene rings is 1. The van der Waals surface area contributed by atoms with E-state index in [0.29, 0.717) is 13.1 Å². The number of carbonyl (C=O) groups excluding carboxylic acids is 1. The maximum Gasteiger partial charge on any atom is 0.230 e. The predicted octanol–water partition coefficient (Wildman–Crippen LogP) is 1.41. The van der Waals surface area contributed by atoms with Crippen molar-refractivity contribution < 1.29 is 4.79 Å². The summed E-state index contributed by atoms with van der Waals surface area (Å²) in [4.78, 5) is 12.1. The van der Waals surface area contributed by atoms with Crippen molar-refractivity contribution in [3.05, 3.63) is 34.9 Å². The Balaban J connectivity index is 2.20. The van der Waals surface area contributed by atoms with Crippen LogP contribution >= 0.6 is 0 Å². The minimum Gasteiger partial charge on any atom is -0.354 e. The van der Waals surface area contributed by atoms with Crippen molar-refractivity contribution in [1.29, 1.82) is 0 Å². The van der Waals surface area contributed by atoms with Crippen molar-refractivity contribution in [1.82, 2.24) is 5.32 Å². The fraction of sp³-hybridized carbons (Fsp3) is 0.500. The summed E-state index contributed by atoms with van der Waals surface area (Å²) < 4.78 is 0. The van der Waals surface area contributed by atoms with Gasteiger partial charge in [-0.25, -0.2) is 0 Å². The maximum atomic E-state index is 12.1. The molecule has 1 amide bonds. The van der Waals surface area contributed by atoms with Gasteiger partial charge in [0.05, 0.1) is 5.41 Å². The SMILES string of the molecule is Cc1ccc(C2(C(=O)NCCN)CC2)cc1C. The zero-order chi connectivity index (χ0) is 12.5. The highest BCUT2D eigenvalue weighted by molar-refractivity contribution is 5.91. The molecule has 0 spiro atoms. The van der Waals surface area contributed by atoms with Crippen LogP contribution in [0, 0.1) is 13.8 Å². The second kappa shape index (κ2) is 4.49. The fourth-order valence-corrected chi connectivity index (χ4v) is 2.17. The Kier molecular flexibility index (Phi) is 3.20. The van der Waals surface area contributed by atoms with Crippen molar-refractivity contribution >= 4 is 5.91 Å². The normalized spacial score (nSPS) is 16.6. The van der Waals surface area contributed by atoms with E-state index in [1.54, 1.807) is 0 Å². The lowest BCUT2D eigenvalue weighted by Gasteiger charge is -2.16. The zero-order valence-electron chi connectivity index (χ0n) is 10.5. The molecule has 1 aromatic carbocycles. The number of nitrogens with two attached hydrogens (primary N) is 1. The quantitative estimate of drug-likeness (QED) is 0.824. The monoisotopic (exact) mass is 232 g/mol. The summed E-state index contributed by atoms with van der Waals surface area (Å²) in [6.07, 6.45) is 1.90.